The second-order valence-corrected chi connectivity index (χ2v) is 6.49. The van der Waals surface area contributed by atoms with E-state index in [-0.39, 0.29) is 11.6 Å². The van der Waals surface area contributed by atoms with Gasteiger partial charge in [0, 0.05) is 10.7 Å². The number of nitrogen functional groups attached to an aromatic ring is 1. The van der Waals surface area contributed by atoms with Crippen molar-refractivity contribution >= 4 is 34.8 Å². The molecule has 0 bridgehead atoms. The fraction of sp³-hybridized carbons (Fsp3) is 0.150. The van der Waals surface area contributed by atoms with Gasteiger partial charge in [0.25, 0.3) is 0 Å². The van der Waals surface area contributed by atoms with Crippen molar-refractivity contribution in [1.29, 1.82) is 0 Å². The van der Waals surface area contributed by atoms with Crippen LogP contribution in [-0.4, -0.2) is 23.0 Å². The first-order valence-corrected chi connectivity index (χ1v) is 8.77. The number of ether oxygens (including phenoxy) is 2. The minimum atomic E-state index is -0.405. The molecule has 0 amide bonds. The van der Waals surface area contributed by atoms with Crippen LogP contribution in [0.5, 0.6) is 11.6 Å². The molecule has 0 fully saturated rings. The van der Waals surface area contributed by atoms with Crippen LogP contribution in [0.3, 0.4) is 0 Å². The van der Waals surface area contributed by atoms with Crippen molar-refractivity contribution in [2.75, 3.05) is 18.2 Å². The standard InChI is InChI=1S/C20H19ClN4O3/c1-11-8-15(9-12(2)16(11)21)28-19-17(22)18(23-10-24-19)25-14-6-4-13(5-7-14)20(26)27-3/h4-10H,22H2,1-3H3,(H,23,24,25). The van der Waals surface area contributed by atoms with E-state index in [1.807, 2.05) is 26.0 Å². The fourth-order valence-electron chi connectivity index (χ4n) is 2.58. The Labute approximate surface area is 167 Å². The SMILES string of the molecule is COC(=O)c1ccc(Nc2ncnc(Oc3cc(C)c(Cl)c(C)c3)c2N)cc1. The number of hydrogen-bond acceptors (Lipinski definition) is 7. The summed E-state index contributed by atoms with van der Waals surface area (Å²) in [5, 5.41) is 3.78. The maximum Gasteiger partial charge on any atom is 0.337 e. The molecule has 1 aromatic heterocycles. The van der Waals surface area contributed by atoms with Crippen LogP contribution in [0, 0.1) is 13.8 Å². The summed E-state index contributed by atoms with van der Waals surface area (Å²) in [6.45, 7) is 3.80. The fourth-order valence-corrected chi connectivity index (χ4v) is 2.69. The van der Waals surface area contributed by atoms with Gasteiger partial charge in [-0.15, -0.1) is 0 Å². The van der Waals surface area contributed by atoms with Gasteiger partial charge in [-0.3, -0.25) is 0 Å². The third kappa shape index (κ3) is 4.15. The molecule has 0 unspecified atom stereocenters. The van der Waals surface area contributed by atoms with Crippen molar-refractivity contribution in [2.24, 2.45) is 0 Å². The summed E-state index contributed by atoms with van der Waals surface area (Å²) in [6, 6.07) is 10.4. The number of rotatable bonds is 5. The Kier molecular flexibility index (Phi) is 5.65. The molecule has 7 nitrogen and oxygen atoms in total. The highest BCUT2D eigenvalue weighted by atomic mass is 35.5. The maximum atomic E-state index is 11.5. The van der Waals surface area contributed by atoms with E-state index in [0.29, 0.717) is 27.8 Å². The molecule has 0 saturated heterocycles. The van der Waals surface area contributed by atoms with E-state index >= 15 is 0 Å². The summed E-state index contributed by atoms with van der Waals surface area (Å²) >= 11 is 6.19. The van der Waals surface area contributed by atoms with Gasteiger partial charge in [-0.1, -0.05) is 11.6 Å². The van der Waals surface area contributed by atoms with E-state index in [1.54, 1.807) is 24.3 Å². The maximum absolute atomic E-state index is 11.5. The molecule has 144 valence electrons. The van der Waals surface area contributed by atoms with Crippen LogP contribution in [0.25, 0.3) is 0 Å². The number of nitrogens with two attached hydrogens (primary N) is 1. The predicted octanol–water partition coefficient (Wildman–Crippen LogP) is 4.65. The van der Waals surface area contributed by atoms with E-state index in [9.17, 15) is 4.79 Å². The van der Waals surface area contributed by atoms with Crippen molar-refractivity contribution in [3.05, 3.63) is 64.4 Å². The average Bonchev–Trinajstić information content (AvgIpc) is 2.69. The van der Waals surface area contributed by atoms with Crippen LogP contribution in [-0.2, 0) is 4.74 Å². The highest BCUT2D eigenvalue weighted by Crippen LogP contribution is 2.33. The van der Waals surface area contributed by atoms with Gasteiger partial charge in [0.15, 0.2) is 5.82 Å². The molecular formula is C20H19ClN4O3. The predicted molar refractivity (Wildman–Crippen MR) is 109 cm³/mol. The average molecular weight is 399 g/mol. The number of benzene rings is 2. The van der Waals surface area contributed by atoms with Crippen molar-refractivity contribution in [2.45, 2.75) is 13.8 Å². The Balaban J connectivity index is 1.82. The number of nitrogens with one attached hydrogen (secondary N) is 1. The molecule has 0 spiro atoms. The van der Waals surface area contributed by atoms with Gasteiger partial charge < -0.3 is 20.5 Å². The smallest absolute Gasteiger partial charge is 0.337 e. The first-order valence-electron chi connectivity index (χ1n) is 8.39. The normalized spacial score (nSPS) is 10.4. The topological polar surface area (TPSA) is 99.4 Å². The zero-order chi connectivity index (χ0) is 20.3. The molecule has 3 aromatic rings. The minimum absolute atomic E-state index is 0.227. The zero-order valence-electron chi connectivity index (χ0n) is 15.6. The summed E-state index contributed by atoms with van der Waals surface area (Å²) in [4.78, 5) is 19.8. The monoisotopic (exact) mass is 398 g/mol. The number of aryl methyl sites for hydroxylation is 2. The molecule has 0 atom stereocenters. The number of carbonyl (C=O) groups excluding carboxylic acids is 1. The van der Waals surface area contributed by atoms with E-state index < -0.39 is 5.97 Å². The molecule has 0 aliphatic rings. The van der Waals surface area contributed by atoms with E-state index in [0.717, 1.165) is 11.1 Å². The Morgan fingerprint density at radius 2 is 1.75 bits per heavy atom. The molecule has 1 heterocycles. The molecule has 0 saturated carbocycles. The first-order chi connectivity index (χ1) is 13.4. The number of esters is 1. The Morgan fingerprint density at radius 3 is 2.36 bits per heavy atom. The van der Waals surface area contributed by atoms with Gasteiger partial charge >= 0.3 is 5.97 Å². The summed E-state index contributed by atoms with van der Waals surface area (Å²) in [5.74, 6) is 0.790. The zero-order valence-corrected chi connectivity index (χ0v) is 16.4. The summed E-state index contributed by atoms with van der Waals surface area (Å²) in [6.07, 6.45) is 1.35. The van der Waals surface area contributed by atoms with Crippen molar-refractivity contribution in [3.8, 4) is 11.6 Å². The van der Waals surface area contributed by atoms with E-state index in [1.165, 1.54) is 13.4 Å². The van der Waals surface area contributed by atoms with Crippen LogP contribution >= 0.6 is 11.6 Å². The third-order valence-electron chi connectivity index (χ3n) is 4.04. The molecule has 0 aliphatic heterocycles. The van der Waals surface area contributed by atoms with Crippen LogP contribution < -0.4 is 15.8 Å². The van der Waals surface area contributed by atoms with Crippen molar-refractivity contribution in [3.63, 3.8) is 0 Å². The number of nitrogens with zero attached hydrogens (tertiary/aromatic N) is 2. The molecule has 2 aromatic carbocycles. The number of halogens is 1. The number of methoxy groups -OCH3 is 1. The Bertz CT molecular complexity index is 999. The van der Waals surface area contributed by atoms with Gasteiger partial charge in [-0.25, -0.2) is 9.78 Å². The van der Waals surface area contributed by atoms with Crippen molar-refractivity contribution in [1.82, 2.24) is 9.97 Å². The largest absolute Gasteiger partial charge is 0.465 e. The lowest BCUT2D eigenvalue weighted by atomic mass is 10.1. The lowest BCUT2D eigenvalue weighted by Crippen LogP contribution is -2.04. The molecule has 28 heavy (non-hydrogen) atoms. The van der Waals surface area contributed by atoms with Gasteiger partial charge in [-0.2, -0.15) is 4.98 Å². The summed E-state index contributed by atoms with van der Waals surface area (Å²) in [7, 11) is 1.33. The lowest BCUT2D eigenvalue weighted by molar-refractivity contribution is 0.0601. The summed E-state index contributed by atoms with van der Waals surface area (Å²) in [5.41, 5.74) is 9.36. The van der Waals surface area contributed by atoms with Crippen LogP contribution in [0.4, 0.5) is 17.2 Å². The second-order valence-electron chi connectivity index (χ2n) is 6.11. The van der Waals surface area contributed by atoms with Gasteiger partial charge in [0.05, 0.1) is 12.7 Å². The number of aromatic nitrogens is 2. The highest BCUT2D eigenvalue weighted by molar-refractivity contribution is 6.32. The second kappa shape index (κ2) is 8.14. The minimum Gasteiger partial charge on any atom is -0.465 e. The third-order valence-corrected chi connectivity index (χ3v) is 4.64. The van der Waals surface area contributed by atoms with Gasteiger partial charge in [0.1, 0.15) is 17.8 Å². The molecule has 0 radical (unpaired) electrons. The summed E-state index contributed by atoms with van der Waals surface area (Å²) < 4.78 is 10.5. The number of anilines is 3. The van der Waals surface area contributed by atoms with Crippen LogP contribution in [0.1, 0.15) is 21.5 Å². The van der Waals surface area contributed by atoms with Crippen LogP contribution in [0.15, 0.2) is 42.7 Å². The Hall–Kier alpha value is -3.32. The molecular weight excluding hydrogens is 380 g/mol. The van der Waals surface area contributed by atoms with Gasteiger partial charge in [0.2, 0.25) is 5.88 Å². The van der Waals surface area contributed by atoms with E-state index in [4.69, 9.17) is 22.1 Å². The first kappa shape index (κ1) is 19.4. The number of hydrogen-bond donors (Lipinski definition) is 2. The molecule has 0 aliphatic carbocycles. The molecule has 3 N–H and O–H groups in total. The Morgan fingerprint density at radius 1 is 1.11 bits per heavy atom. The van der Waals surface area contributed by atoms with Crippen molar-refractivity contribution < 1.29 is 14.3 Å². The number of carbonyl (C=O) groups is 1. The quantitative estimate of drug-likeness (QED) is 0.603. The molecule has 8 heteroatoms. The lowest BCUT2D eigenvalue weighted by Gasteiger charge is -2.13. The van der Waals surface area contributed by atoms with E-state index in [2.05, 4.69) is 20.0 Å². The van der Waals surface area contributed by atoms with Gasteiger partial charge in [-0.05, 0) is 61.4 Å². The highest BCUT2D eigenvalue weighted by Gasteiger charge is 2.13. The molecule has 3 rings (SSSR count). The van der Waals surface area contributed by atoms with Crippen LogP contribution in [0.2, 0.25) is 5.02 Å².